The maximum absolute atomic E-state index is 12.6. The number of aryl methyl sites for hydroxylation is 1. The zero-order valence-electron chi connectivity index (χ0n) is 14.2. The molecule has 9 nitrogen and oxygen atoms in total. The highest BCUT2D eigenvalue weighted by Crippen LogP contribution is 2.24. The Bertz CT molecular complexity index is 800. The molecule has 2 aromatic rings. The Morgan fingerprint density at radius 3 is 2.76 bits per heavy atom. The van der Waals surface area contributed by atoms with E-state index in [1.165, 1.54) is 0 Å². The molecule has 2 fully saturated rings. The van der Waals surface area contributed by atoms with Gasteiger partial charge in [-0.25, -0.2) is 9.97 Å². The Hall–Kier alpha value is -2.71. The highest BCUT2D eigenvalue weighted by Gasteiger charge is 2.30. The summed E-state index contributed by atoms with van der Waals surface area (Å²) in [6, 6.07) is 0. The lowest BCUT2D eigenvalue weighted by Gasteiger charge is -2.37. The summed E-state index contributed by atoms with van der Waals surface area (Å²) in [4.78, 5) is 36.7. The number of fused-ring (bicyclic) bond motifs is 1. The predicted molar refractivity (Wildman–Crippen MR) is 90.8 cm³/mol. The summed E-state index contributed by atoms with van der Waals surface area (Å²) in [5.41, 5.74) is 0.807. The molecule has 2 saturated heterocycles. The lowest BCUT2D eigenvalue weighted by atomic mass is 9.97. The molecule has 0 unspecified atom stereocenters. The smallest absolute Gasteiger partial charge is 0.227 e. The van der Waals surface area contributed by atoms with Crippen molar-refractivity contribution < 1.29 is 9.59 Å². The van der Waals surface area contributed by atoms with E-state index in [0.29, 0.717) is 32.5 Å². The minimum atomic E-state index is -0.0895. The minimum absolute atomic E-state index is 0.0399. The number of aromatic nitrogens is 4. The molecule has 132 valence electrons. The van der Waals surface area contributed by atoms with E-state index < -0.39 is 0 Å². The fourth-order valence-electron chi connectivity index (χ4n) is 3.54. The van der Waals surface area contributed by atoms with Crippen LogP contribution in [0.1, 0.15) is 12.8 Å². The Morgan fingerprint density at radius 1 is 1.24 bits per heavy atom. The molecule has 9 heteroatoms. The van der Waals surface area contributed by atoms with E-state index in [0.717, 1.165) is 29.9 Å². The normalized spacial score (nSPS) is 21.5. The second-order valence-electron chi connectivity index (χ2n) is 6.55. The molecule has 1 atom stereocenters. The number of nitrogens with zero attached hydrogens (tertiary/aromatic N) is 6. The summed E-state index contributed by atoms with van der Waals surface area (Å²) in [7, 11) is 1.86. The highest BCUT2D eigenvalue weighted by molar-refractivity contribution is 5.87. The van der Waals surface area contributed by atoms with Gasteiger partial charge in [0.25, 0.3) is 0 Å². The number of hydrogen-bond acceptors (Lipinski definition) is 6. The van der Waals surface area contributed by atoms with Crippen molar-refractivity contribution >= 4 is 28.7 Å². The molecule has 2 aromatic heterocycles. The number of rotatable bonds is 2. The number of carbonyl (C=O) groups excluding carboxylic acids is 2. The molecular weight excluding hydrogens is 322 g/mol. The van der Waals surface area contributed by atoms with Crippen molar-refractivity contribution in [3.8, 4) is 0 Å². The van der Waals surface area contributed by atoms with Crippen LogP contribution in [-0.2, 0) is 16.6 Å². The molecule has 0 radical (unpaired) electrons. The van der Waals surface area contributed by atoms with Crippen LogP contribution in [0.5, 0.6) is 0 Å². The van der Waals surface area contributed by atoms with E-state index in [-0.39, 0.29) is 17.7 Å². The molecule has 2 aliphatic heterocycles. The number of hydrogen-bond donors (Lipinski definition) is 1. The molecule has 0 saturated carbocycles. The first-order chi connectivity index (χ1) is 12.1. The molecule has 1 N–H and O–H groups in total. The quantitative estimate of drug-likeness (QED) is 0.793. The highest BCUT2D eigenvalue weighted by atomic mass is 16.2. The van der Waals surface area contributed by atoms with Crippen LogP contribution in [-0.4, -0.2) is 69.2 Å². The van der Waals surface area contributed by atoms with Gasteiger partial charge in [-0.05, 0) is 6.42 Å². The number of piperidine rings is 1. The van der Waals surface area contributed by atoms with Crippen molar-refractivity contribution in [3.05, 3.63) is 12.5 Å². The summed E-state index contributed by atoms with van der Waals surface area (Å²) in [6.07, 6.45) is 4.43. The second kappa shape index (κ2) is 6.30. The molecule has 2 amide bonds. The van der Waals surface area contributed by atoms with Crippen molar-refractivity contribution in [2.45, 2.75) is 12.8 Å². The lowest BCUT2D eigenvalue weighted by molar-refractivity contribution is -0.137. The number of nitrogens with one attached hydrogen (secondary N) is 1. The molecule has 4 rings (SSSR count). The van der Waals surface area contributed by atoms with Crippen molar-refractivity contribution in [1.82, 2.24) is 30.0 Å². The molecule has 0 spiro atoms. The maximum atomic E-state index is 12.6. The molecule has 25 heavy (non-hydrogen) atoms. The maximum Gasteiger partial charge on any atom is 0.227 e. The first kappa shape index (κ1) is 15.8. The third-order valence-electron chi connectivity index (χ3n) is 5.01. The summed E-state index contributed by atoms with van der Waals surface area (Å²) in [5.74, 6) is 0.968. The summed E-state index contributed by atoms with van der Waals surface area (Å²) < 4.78 is 1.73. The van der Waals surface area contributed by atoms with Crippen LogP contribution in [0.25, 0.3) is 11.0 Å². The van der Waals surface area contributed by atoms with Gasteiger partial charge in [-0.15, -0.1) is 0 Å². The van der Waals surface area contributed by atoms with Gasteiger partial charge in [-0.3, -0.25) is 14.3 Å². The fourth-order valence-corrected chi connectivity index (χ4v) is 3.54. The van der Waals surface area contributed by atoms with Crippen LogP contribution in [0.2, 0.25) is 0 Å². The Balaban J connectivity index is 1.42. The van der Waals surface area contributed by atoms with Crippen LogP contribution >= 0.6 is 0 Å². The topological polar surface area (TPSA) is 96.2 Å². The minimum Gasteiger partial charge on any atom is -0.355 e. The van der Waals surface area contributed by atoms with Gasteiger partial charge in [-0.1, -0.05) is 0 Å². The van der Waals surface area contributed by atoms with Crippen molar-refractivity contribution in [1.29, 1.82) is 0 Å². The standard InChI is InChI=1S/C16H21N7O2/c1-21-14-12(9-20-21)15(19-10-18-14)22-4-6-23(7-5-22)16(25)11-2-3-13(24)17-8-11/h9-11H,2-8H2,1H3,(H,17,24)/t11-/m0/s1. The first-order valence-electron chi connectivity index (χ1n) is 8.56. The molecule has 0 aromatic carbocycles. The zero-order valence-corrected chi connectivity index (χ0v) is 14.2. The van der Waals surface area contributed by atoms with Gasteiger partial charge in [0.2, 0.25) is 11.8 Å². The second-order valence-corrected chi connectivity index (χ2v) is 6.55. The van der Waals surface area contributed by atoms with Crippen molar-refractivity contribution in [2.24, 2.45) is 13.0 Å². The Kier molecular flexibility index (Phi) is 3.98. The van der Waals surface area contributed by atoms with E-state index >= 15 is 0 Å². The van der Waals surface area contributed by atoms with Crippen molar-refractivity contribution in [3.63, 3.8) is 0 Å². The largest absolute Gasteiger partial charge is 0.355 e. The number of carbonyl (C=O) groups is 2. The van der Waals surface area contributed by atoms with Crippen LogP contribution in [0.3, 0.4) is 0 Å². The van der Waals surface area contributed by atoms with Crippen LogP contribution in [0, 0.1) is 5.92 Å². The molecular formula is C16H21N7O2. The molecule has 4 heterocycles. The average Bonchev–Trinajstić information content (AvgIpc) is 3.03. The van der Waals surface area contributed by atoms with Crippen LogP contribution in [0.4, 0.5) is 5.82 Å². The van der Waals surface area contributed by atoms with Gasteiger partial charge >= 0.3 is 0 Å². The summed E-state index contributed by atoms with van der Waals surface area (Å²) in [5, 5.41) is 7.97. The SMILES string of the molecule is Cn1ncc2c(N3CCN(C(=O)[C@H]4CCC(=O)NC4)CC3)ncnc21. The van der Waals surface area contributed by atoms with Gasteiger partial charge in [0.05, 0.1) is 17.5 Å². The lowest BCUT2D eigenvalue weighted by Crippen LogP contribution is -2.52. The van der Waals surface area contributed by atoms with E-state index in [4.69, 9.17) is 0 Å². The monoisotopic (exact) mass is 343 g/mol. The van der Waals surface area contributed by atoms with Gasteiger partial charge in [-0.2, -0.15) is 5.10 Å². The van der Waals surface area contributed by atoms with Crippen molar-refractivity contribution in [2.75, 3.05) is 37.6 Å². The van der Waals surface area contributed by atoms with E-state index in [1.807, 2.05) is 11.9 Å². The molecule has 0 aliphatic carbocycles. The van der Waals surface area contributed by atoms with E-state index in [1.54, 1.807) is 17.2 Å². The molecule has 0 bridgehead atoms. The summed E-state index contributed by atoms with van der Waals surface area (Å²) >= 11 is 0. The summed E-state index contributed by atoms with van der Waals surface area (Å²) in [6.45, 7) is 3.24. The Labute approximate surface area is 145 Å². The third kappa shape index (κ3) is 2.90. The molecule has 2 aliphatic rings. The third-order valence-corrected chi connectivity index (χ3v) is 5.01. The van der Waals surface area contributed by atoms with E-state index in [2.05, 4.69) is 25.3 Å². The first-order valence-corrected chi connectivity index (χ1v) is 8.56. The predicted octanol–water partition coefficient (Wildman–Crippen LogP) is -0.462. The Morgan fingerprint density at radius 2 is 2.04 bits per heavy atom. The van der Waals surface area contributed by atoms with Crippen LogP contribution in [0.15, 0.2) is 12.5 Å². The van der Waals surface area contributed by atoms with E-state index in [9.17, 15) is 9.59 Å². The van der Waals surface area contributed by atoms with Gasteiger partial charge in [0.15, 0.2) is 5.65 Å². The zero-order chi connectivity index (χ0) is 17.4. The number of anilines is 1. The number of amides is 2. The average molecular weight is 343 g/mol. The van der Waals surface area contributed by atoms with Gasteiger partial charge in [0.1, 0.15) is 12.1 Å². The number of piperazine rings is 1. The van der Waals surface area contributed by atoms with Crippen LogP contribution < -0.4 is 10.2 Å². The van der Waals surface area contributed by atoms with Gasteiger partial charge in [0, 0.05) is 46.2 Å². The van der Waals surface area contributed by atoms with Gasteiger partial charge < -0.3 is 15.1 Å². The fraction of sp³-hybridized carbons (Fsp3) is 0.562.